The van der Waals surface area contributed by atoms with E-state index in [2.05, 4.69) is 0 Å². The SMILES string of the molecule is O=C(CN1C(=O)SC(=Cc2c(OCc3ccc(F)cc3)ccc3ccccc23)C1=O)N1CCCCCC1. The Kier molecular flexibility index (Phi) is 7.55. The second-order valence-electron chi connectivity index (χ2n) is 9.18. The molecule has 0 aliphatic carbocycles. The zero-order chi connectivity index (χ0) is 25.8. The first kappa shape index (κ1) is 25.0. The first-order valence-corrected chi connectivity index (χ1v) is 13.2. The maximum atomic E-state index is 13.3. The number of halogens is 1. The van der Waals surface area contributed by atoms with E-state index in [1.807, 2.05) is 36.4 Å². The van der Waals surface area contributed by atoms with Crippen LogP contribution in [0.4, 0.5) is 9.18 Å². The van der Waals surface area contributed by atoms with Gasteiger partial charge in [-0.25, -0.2) is 4.39 Å². The molecule has 0 saturated carbocycles. The summed E-state index contributed by atoms with van der Waals surface area (Å²) >= 11 is 0.833. The van der Waals surface area contributed by atoms with Crippen LogP contribution in [0, 0.1) is 5.82 Å². The standard InChI is InChI=1S/C29H27FN2O4S/c30-22-12-9-20(10-13-22)19-36-25-14-11-21-7-3-4-8-23(21)24(25)17-26-28(34)32(29(35)37-26)18-27(33)31-15-5-1-2-6-16-31/h3-4,7-14,17H,1-2,5-6,15-16,18-19H2. The lowest BCUT2D eigenvalue weighted by atomic mass is 10.0. The molecular formula is C29H27FN2O4S. The Hall–Kier alpha value is -3.65. The van der Waals surface area contributed by atoms with Gasteiger partial charge in [0, 0.05) is 18.7 Å². The molecule has 37 heavy (non-hydrogen) atoms. The summed E-state index contributed by atoms with van der Waals surface area (Å²) < 4.78 is 19.4. The van der Waals surface area contributed by atoms with Crippen LogP contribution in [-0.2, 0) is 16.2 Å². The molecule has 3 amide bonds. The lowest BCUT2D eigenvalue weighted by Crippen LogP contribution is -2.42. The second kappa shape index (κ2) is 11.2. The number of carbonyl (C=O) groups is 3. The van der Waals surface area contributed by atoms with Gasteiger partial charge in [-0.05, 0) is 65.2 Å². The molecule has 0 unspecified atom stereocenters. The number of thioether (sulfide) groups is 1. The minimum Gasteiger partial charge on any atom is -0.488 e. The first-order chi connectivity index (χ1) is 18.0. The minimum atomic E-state index is -0.476. The van der Waals surface area contributed by atoms with Gasteiger partial charge in [-0.1, -0.05) is 55.3 Å². The highest BCUT2D eigenvalue weighted by molar-refractivity contribution is 8.18. The predicted molar refractivity (Wildman–Crippen MR) is 142 cm³/mol. The van der Waals surface area contributed by atoms with Gasteiger partial charge in [0.25, 0.3) is 11.1 Å². The summed E-state index contributed by atoms with van der Waals surface area (Å²) in [7, 11) is 0. The Morgan fingerprint density at radius 3 is 2.43 bits per heavy atom. The summed E-state index contributed by atoms with van der Waals surface area (Å²) in [6.07, 6.45) is 5.73. The van der Waals surface area contributed by atoms with E-state index in [-0.39, 0.29) is 29.8 Å². The molecule has 0 N–H and O–H groups in total. The number of hydrogen-bond donors (Lipinski definition) is 0. The fraction of sp³-hybridized carbons (Fsp3) is 0.276. The van der Waals surface area contributed by atoms with Crippen molar-refractivity contribution in [2.75, 3.05) is 19.6 Å². The Balaban J connectivity index is 1.40. The molecule has 190 valence electrons. The average Bonchev–Trinajstić information content (AvgIpc) is 3.09. The third-order valence-corrected chi connectivity index (χ3v) is 7.55. The molecule has 6 nitrogen and oxygen atoms in total. The first-order valence-electron chi connectivity index (χ1n) is 12.4. The van der Waals surface area contributed by atoms with E-state index in [1.165, 1.54) is 12.1 Å². The summed E-state index contributed by atoms with van der Waals surface area (Å²) in [6, 6.07) is 17.5. The molecule has 8 heteroatoms. The molecule has 2 aliphatic rings. The highest BCUT2D eigenvalue weighted by Crippen LogP contribution is 2.37. The maximum Gasteiger partial charge on any atom is 0.294 e. The van der Waals surface area contributed by atoms with Crippen molar-refractivity contribution in [3.8, 4) is 5.75 Å². The molecule has 0 atom stereocenters. The van der Waals surface area contributed by atoms with Crippen LogP contribution in [0.25, 0.3) is 16.8 Å². The Bertz CT molecular complexity index is 1360. The molecule has 3 aromatic carbocycles. The normalized spacial score (nSPS) is 17.5. The zero-order valence-electron chi connectivity index (χ0n) is 20.3. The van der Waals surface area contributed by atoms with Crippen LogP contribution in [0.3, 0.4) is 0 Å². The highest BCUT2D eigenvalue weighted by atomic mass is 32.2. The average molecular weight is 519 g/mol. The minimum absolute atomic E-state index is 0.195. The van der Waals surface area contributed by atoms with Crippen molar-refractivity contribution in [2.24, 2.45) is 0 Å². The molecule has 0 aromatic heterocycles. The molecular weight excluding hydrogens is 491 g/mol. The summed E-state index contributed by atoms with van der Waals surface area (Å²) in [5.74, 6) is -0.454. The topological polar surface area (TPSA) is 66.9 Å². The van der Waals surface area contributed by atoms with Gasteiger partial charge >= 0.3 is 0 Å². The van der Waals surface area contributed by atoms with Crippen molar-refractivity contribution in [1.29, 1.82) is 0 Å². The van der Waals surface area contributed by atoms with Crippen LogP contribution in [0.5, 0.6) is 5.75 Å². The van der Waals surface area contributed by atoms with E-state index in [0.717, 1.165) is 58.7 Å². The molecule has 0 spiro atoms. The number of imide groups is 1. The molecule has 2 fully saturated rings. The number of carbonyl (C=O) groups excluding carboxylic acids is 3. The maximum absolute atomic E-state index is 13.3. The molecule has 2 saturated heterocycles. The fourth-order valence-electron chi connectivity index (χ4n) is 4.61. The van der Waals surface area contributed by atoms with Gasteiger partial charge < -0.3 is 9.64 Å². The van der Waals surface area contributed by atoms with Gasteiger partial charge in [-0.15, -0.1) is 0 Å². The summed E-state index contributed by atoms with van der Waals surface area (Å²) in [5.41, 5.74) is 1.47. The van der Waals surface area contributed by atoms with Gasteiger partial charge in [-0.3, -0.25) is 19.3 Å². The van der Waals surface area contributed by atoms with E-state index < -0.39 is 11.1 Å². The largest absolute Gasteiger partial charge is 0.488 e. The monoisotopic (exact) mass is 518 g/mol. The third-order valence-electron chi connectivity index (χ3n) is 6.64. The highest BCUT2D eigenvalue weighted by Gasteiger charge is 2.37. The van der Waals surface area contributed by atoms with Crippen molar-refractivity contribution >= 4 is 45.7 Å². The molecule has 0 bridgehead atoms. The van der Waals surface area contributed by atoms with Crippen molar-refractivity contribution in [1.82, 2.24) is 9.80 Å². The van der Waals surface area contributed by atoms with E-state index in [1.54, 1.807) is 23.1 Å². The van der Waals surface area contributed by atoms with Crippen molar-refractivity contribution in [3.05, 3.63) is 82.5 Å². The molecule has 3 aromatic rings. The van der Waals surface area contributed by atoms with E-state index in [9.17, 15) is 18.8 Å². The Morgan fingerprint density at radius 2 is 1.68 bits per heavy atom. The lowest BCUT2D eigenvalue weighted by Gasteiger charge is -2.22. The second-order valence-corrected chi connectivity index (χ2v) is 10.2. The number of fused-ring (bicyclic) bond motifs is 1. The van der Waals surface area contributed by atoms with Crippen LogP contribution in [0.1, 0.15) is 36.8 Å². The third kappa shape index (κ3) is 5.69. The van der Waals surface area contributed by atoms with Crippen LogP contribution < -0.4 is 4.74 Å². The smallest absolute Gasteiger partial charge is 0.294 e. The molecule has 2 aliphatic heterocycles. The van der Waals surface area contributed by atoms with Crippen molar-refractivity contribution in [2.45, 2.75) is 32.3 Å². The zero-order valence-corrected chi connectivity index (χ0v) is 21.1. The van der Waals surface area contributed by atoms with Gasteiger partial charge in [-0.2, -0.15) is 0 Å². The number of amides is 3. The van der Waals surface area contributed by atoms with Gasteiger partial charge in [0.1, 0.15) is 24.7 Å². The number of hydrogen-bond acceptors (Lipinski definition) is 5. The number of ether oxygens (including phenoxy) is 1. The van der Waals surface area contributed by atoms with E-state index >= 15 is 0 Å². The fourth-order valence-corrected chi connectivity index (χ4v) is 5.43. The van der Waals surface area contributed by atoms with Crippen LogP contribution in [0.2, 0.25) is 0 Å². The van der Waals surface area contributed by atoms with Gasteiger partial charge in [0.05, 0.1) is 4.91 Å². The molecule has 5 rings (SSSR count). The number of nitrogens with zero attached hydrogens (tertiary/aromatic N) is 2. The van der Waals surface area contributed by atoms with Gasteiger partial charge in [0.15, 0.2) is 0 Å². The Morgan fingerprint density at radius 1 is 0.946 bits per heavy atom. The predicted octanol–water partition coefficient (Wildman–Crippen LogP) is 6.00. The van der Waals surface area contributed by atoms with Gasteiger partial charge in [0.2, 0.25) is 5.91 Å². The summed E-state index contributed by atoms with van der Waals surface area (Å²) in [4.78, 5) is 41.9. The van der Waals surface area contributed by atoms with Crippen molar-refractivity contribution in [3.63, 3.8) is 0 Å². The lowest BCUT2D eigenvalue weighted by molar-refractivity contribution is -0.135. The number of likely N-dealkylation sites (tertiary alicyclic amines) is 1. The quantitative estimate of drug-likeness (QED) is 0.375. The van der Waals surface area contributed by atoms with Crippen molar-refractivity contribution < 1.29 is 23.5 Å². The number of benzene rings is 3. The molecule has 2 heterocycles. The van der Waals surface area contributed by atoms with Crippen LogP contribution in [0.15, 0.2) is 65.6 Å². The Labute approximate surface area is 219 Å². The summed E-state index contributed by atoms with van der Waals surface area (Å²) in [5, 5.41) is 1.37. The van der Waals surface area contributed by atoms with E-state index in [0.29, 0.717) is 24.4 Å². The van der Waals surface area contributed by atoms with Crippen LogP contribution in [-0.4, -0.2) is 46.5 Å². The van der Waals surface area contributed by atoms with Crippen LogP contribution >= 0.6 is 11.8 Å². The molecule has 0 radical (unpaired) electrons. The number of rotatable bonds is 6. The van der Waals surface area contributed by atoms with E-state index in [4.69, 9.17) is 4.74 Å². The summed E-state index contributed by atoms with van der Waals surface area (Å²) in [6.45, 7) is 1.29.